The second-order valence-corrected chi connectivity index (χ2v) is 9.63. The van der Waals surface area contributed by atoms with Crippen molar-refractivity contribution in [3.05, 3.63) is 91.0 Å². The first-order valence-electron chi connectivity index (χ1n) is 7.89. The zero-order chi connectivity index (χ0) is 22.8. The Morgan fingerprint density at radius 2 is 0.533 bits per heavy atom. The van der Waals surface area contributed by atoms with Gasteiger partial charge in [0, 0.05) is 0 Å². The highest BCUT2D eigenvalue weighted by molar-refractivity contribution is 7.86. The van der Waals surface area contributed by atoms with Crippen molar-refractivity contribution < 1.29 is 38.9 Å². The molecule has 0 bridgehead atoms. The van der Waals surface area contributed by atoms with E-state index in [1.165, 1.54) is 36.4 Å². The largest absolute Gasteiger partial charge is 0.294 e. The zero-order valence-corrected chi connectivity index (χ0v) is 17.6. The Bertz CT molecular complexity index is 1060. The third-order valence-corrected chi connectivity index (χ3v) is 5.73. The SMILES string of the molecule is O=S(=O)(O)c1ccccc1.O=S(=O)(O)c1ccccc1.O=S(=O)(O)c1ccccc1. The molecule has 0 aliphatic heterocycles. The minimum atomic E-state index is -4.00. The van der Waals surface area contributed by atoms with Gasteiger partial charge in [-0.1, -0.05) is 54.6 Å². The molecule has 12 heteroatoms. The highest BCUT2D eigenvalue weighted by Gasteiger charge is 2.07. The van der Waals surface area contributed by atoms with Crippen LogP contribution in [0.3, 0.4) is 0 Å². The Morgan fingerprint density at radius 1 is 0.367 bits per heavy atom. The van der Waals surface area contributed by atoms with Gasteiger partial charge in [0.1, 0.15) is 0 Å². The summed E-state index contributed by atoms with van der Waals surface area (Å²) >= 11 is 0. The number of rotatable bonds is 3. The van der Waals surface area contributed by atoms with E-state index in [-0.39, 0.29) is 14.7 Å². The zero-order valence-electron chi connectivity index (χ0n) is 15.2. The summed E-state index contributed by atoms with van der Waals surface area (Å²) < 4.78 is 87.7. The van der Waals surface area contributed by atoms with E-state index in [4.69, 9.17) is 13.7 Å². The summed E-state index contributed by atoms with van der Waals surface area (Å²) in [4.78, 5) is -0.222. The van der Waals surface area contributed by atoms with Crippen molar-refractivity contribution in [2.75, 3.05) is 0 Å². The highest BCUT2D eigenvalue weighted by Crippen LogP contribution is 2.06. The summed E-state index contributed by atoms with van der Waals surface area (Å²) in [6, 6.07) is 22.3. The van der Waals surface area contributed by atoms with E-state index in [0.29, 0.717) is 0 Å². The molecule has 0 fully saturated rings. The predicted molar refractivity (Wildman–Crippen MR) is 109 cm³/mol. The maximum atomic E-state index is 10.4. The molecule has 0 aliphatic carbocycles. The molecule has 0 radical (unpaired) electrons. The summed E-state index contributed by atoms with van der Waals surface area (Å²) in [6.07, 6.45) is 0. The van der Waals surface area contributed by atoms with Gasteiger partial charge in [-0.3, -0.25) is 13.7 Å². The van der Waals surface area contributed by atoms with Crippen LogP contribution in [0.5, 0.6) is 0 Å². The molecule has 0 aromatic heterocycles. The van der Waals surface area contributed by atoms with E-state index in [2.05, 4.69) is 0 Å². The maximum Gasteiger partial charge on any atom is 0.294 e. The molecule has 3 N–H and O–H groups in total. The number of benzene rings is 3. The van der Waals surface area contributed by atoms with Crippen molar-refractivity contribution in [1.82, 2.24) is 0 Å². The summed E-state index contributed by atoms with van der Waals surface area (Å²) in [5, 5.41) is 0. The lowest BCUT2D eigenvalue weighted by Crippen LogP contribution is -1.96. The van der Waals surface area contributed by atoms with E-state index in [1.807, 2.05) is 0 Å². The van der Waals surface area contributed by atoms with Gasteiger partial charge >= 0.3 is 0 Å². The van der Waals surface area contributed by atoms with Crippen molar-refractivity contribution in [1.29, 1.82) is 0 Å². The standard InChI is InChI=1S/3C6H6O3S/c3*7-10(8,9)6-4-2-1-3-5-6/h3*1-5H,(H,7,8,9). The molecule has 9 nitrogen and oxygen atoms in total. The molecule has 3 aromatic carbocycles. The Morgan fingerprint density at radius 3 is 0.633 bits per heavy atom. The van der Waals surface area contributed by atoms with Crippen molar-refractivity contribution in [2.45, 2.75) is 14.7 Å². The van der Waals surface area contributed by atoms with Crippen LogP contribution in [0, 0.1) is 0 Å². The minimum Gasteiger partial charge on any atom is -0.282 e. The van der Waals surface area contributed by atoms with Gasteiger partial charge in [-0.25, -0.2) is 0 Å². The molecule has 0 atom stereocenters. The monoisotopic (exact) mass is 474 g/mol. The van der Waals surface area contributed by atoms with E-state index < -0.39 is 30.4 Å². The normalized spacial score (nSPS) is 11.3. The summed E-state index contributed by atoms with van der Waals surface area (Å²) in [5.41, 5.74) is 0. The van der Waals surface area contributed by atoms with Crippen molar-refractivity contribution >= 4 is 30.4 Å². The van der Waals surface area contributed by atoms with Crippen LogP contribution in [0.25, 0.3) is 0 Å². The van der Waals surface area contributed by atoms with Gasteiger partial charge in [0.15, 0.2) is 0 Å². The van der Waals surface area contributed by atoms with E-state index in [1.54, 1.807) is 54.6 Å². The molecule has 0 amide bonds. The van der Waals surface area contributed by atoms with Crippen LogP contribution < -0.4 is 0 Å². The molecule has 3 rings (SSSR count). The third-order valence-electron chi connectivity index (χ3n) is 3.12. The van der Waals surface area contributed by atoms with Crippen molar-refractivity contribution in [3.63, 3.8) is 0 Å². The lowest BCUT2D eigenvalue weighted by Gasteiger charge is -1.92. The van der Waals surface area contributed by atoms with Crippen LogP contribution in [0.2, 0.25) is 0 Å². The molecule has 0 unspecified atom stereocenters. The average molecular weight is 475 g/mol. The topological polar surface area (TPSA) is 163 Å². The van der Waals surface area contributed by atoms with Crippen LogP contribution in [-0.2, 0) is 30.4 Å². The van der Waals surface area contributed by atoms with Crippen LogP contribution in [-0.4, -0.2) is 38.9 Å². The van der Waals surface area contributed by atoms with Gasteiger partial charge in [-0.2, -0.15) is 25.3 Å². The first kappa shape index (κ1) is 25.4. The molecule has 162 valence electrons. The van der Waals surface area contributed by atoms with Crippen LogP contribution >= 0.6 is 0 Å². The van der Waals surface area contributed by atoms with E-state index in [0.717, 1.165) is 0 Å². The molecule has 0 spiro atoms. The second kappa shape index (κ2) is 11.0. The predicted octanol–water partition coefficient (Wildman–Crippen LogP) is 2.80. The van der Waals surface area contributed by atoms with E-state index >= 15 is 0 Å². The molecule has 0 saturated carbocycles. The second-order valence-electron chi connectivity index (χ2n) is 5.36. The minimum absolute atomic E-state index is 0.0741. The third kappa shape index (κ3) is 9.73. The Labute approximate surface area is 174 Å². The van der Waals surface area contributed by atoms with Gasteiger partial charge in [0.25, 0.3) is 30.4 Å². The Hall–Kier alpha value is -2.61. The molecule has 0 saturated heterocycles. The van der Waals surface area contributed by atoms with Gasteiger partial charge in [-0.15, -0.1) is 0 Å². The summed E-state index contributed by atoms with van der Waals surface area (Å²) in [6.45, 7) is 0. The fourth-order valence-electron chi connectivity index (χ4n) is 1.78. The first-order chi connectivity index (χ1) is 13.8. The molecular weight excluding hydrogens is 456 g/mol. The Balaban J connectivity index is 0.000000225. The molecule has 3 aromatic rings. The fraction of sp³-hybridized carbons (Fsp3) is 0. The maximum absolute atomic E-state index is 10.4. The lowest BCUT2D eigenvalue weighted by atomic mass is 10.4. The fourth-order valence-corrected chi connectivity index (χ4v) is 3.28. The quantitative estimate of drug-likeness (QED) is 0.484. The van der Waals surface area contributed by atoms with Gasteiger partial charge in [0.05, 0.1) is 14.7 Å². The highest BCUT2D eigenvalue weighted by atomic mass is 32.2. The van der Waals surface area contributed by atoms with Gasteiger partial charge in [-0.05, 0) is 36.4 Å². The number of hydrogen-bond donors (Lipinski definition) is 3. The van der Waals surface area contributed by atoms with Gasteiger partial charge < -0.3 is 0 Å². The Kier molecular flexibility index (Phi) is 9.29. The average Bonchev–Trinajstić information content (AvgIpc) is 2.69. The number of hydrogen-bond acceptors (Lipinski definition) is 6. The molecule has 0 aliphatic rings. The van der Waals surface area contributed by atoms with E-state index in [9.17, 15) is 25.3 Å². The van der Waals surface area contributed by atoms with Crippen LogP contribution in [0.4, 0.5) is 0 Å². The van der Waals surface area contributed by atoms with Crippen LogP contribution in [0.1, 0.15) is 0 Å². The summed E-state index contributed by atoms with van der Waals surface area (Å²) in [7, 11) is -12.0. The van der Waals surface area contributed by atoms with Crippen LogP contribution in [0.15, 0.2) is 106 Å². The molecule has 30 heavy (non-hydrogen) atoms. The first-order valence-corrected chi connectivity index (χ1v) is 12.2. The summed E-state index contributed by atoms with van der Waals surface area (Å²) in [5.74, 6) is 0. The van der Waals surface area contributed by atoms with Crippen molar-refractivity contribution in [2.24, 2.45) is 0 Å². The molecule has 0 heterocycles. The van der Waals surface area contributed by atoms with Gasteiger partial charge in [0.2, 0.25) is 0 Å². The smallest absolute Gasteiger partial charge is 0.282 e. The lowest BCUT2D eigenvalue weighted by molar-refractivity contribution is 0.481. The van der Waals surface area contributed by atoms with Crippen molar-refractivity contribution in [3.8, 4) is 0 Å². The molecular formula is C18H18O9S3.